The topological polar surface area (TPSA) is 38.7 Å². The van der Waals surface area contributed by atoms with E-state index in [2.05, 4.69) is 34.3 Å². The van der Waals surface area contributed by atoms with E-state index in [1.807, 2.05) is 66.7 Å². The molecule has 3 nitrogen and oxygen atoms in total. The molecule has 0 aliphatic carbocycles. The van der Waals surface area contributed by atoms with Crippen LogP contribution in [0.4, 0.5) is 0 Å². The molecule has 124 valence electrons. The largest absolute Gasteiger partial charge is 0.255 e. The highest BCUT2D eigenvalue weighted by Crippen LogP contribution is 2.23. The van der Waals surface area contributed by atoms with Crippen LogP contribution < -0.4 is 0 Å². The zero-order valence-corrected chi connectivity index (χ0v) is 14.2. The van der Waals surface area contributed by atoms with E-state index in [9.17, 15) is 0 Å². The Morgan fingerprint density at radius 1 is 0.500 bits per heavy atom. The van der Waals surface area contributed by atoms with Crippen molar-refractivity contribution in [1.29, 1.82) is 0 Å². The van der Waals surface area contributed by atoms with Crippen LogP contribution in [0.2, 0.25) is 0 Å². The van der Waals surface area contributed by atoms with Crippen molar-refractivity contribution in [2.24, 2.45) is 0 Å². The lowest BCUT2D eigenvalue weighted by Gasteiger charge is -2.06. The van der Waals surface area contributed by atoms with Crippen molar-refractivity contribution in [3.63, 3.8) is 0 Å². The van der Waals surface area contributed by atoms with Crippen LogP contribution in [0.5, 0.6) is 0 Å². The van der Waals surface area contributed by atoms with Crippen LogP contribution >= 0.6 is 0 Å². The second kappa shape index (κ2) is 7.53. The standard InChI is InChI=1S/C23H17N3/c1-2-8-18(9-3-1)12-13-19-16-22(20-10-4-6-14-24-20)26-23(17-19)21-11-5-7-15-25-21/h1-17H/b13-12+. The molecule has 3 heteroatoms. The molecule has 0 aliphatic rings. The molecule has 1 aromatic carbocycles. The fourth-order valence-corrected chi connectivity index (χ4v) is 2.70. The average molecular weight is 335 g/mol. The molecule has 0 bridgehead atoms. The van der Waals surface area contributed by atoms with Gasteiger partial charge in [0.1, 0.15) is 0 Å². The Bertz CT molecular complexity index is 953. The Morgan fingerprint density at radius 2 is 1.04 bits per heavy atom. The van der Waals surface area contributed by atoms with Crippen LogP contribution in [0.15, 0.2) is 91.3 Å². The maximum absolute atomic E-state index is 4.77. The molecule has 0 atom stereocenters. The monoisotopic (exact) mass is 335 g/mol. The summed E-state index contributed by atoms with van der Waals surface area (Å²) in [5.74, 6) is 0. The minimum Gasteiger partial charge on any atom is -0.255 e. The van der Waals surface area contributed by atoms with E-state index in [1.165, 1.54) is 0 Å². The van der Waals surface area contributed by atoms with Gasteiger partial charge in [0.15, 0.2) is 0 Å². The molecule has 3 heterocycles. The lowest BCUT2D eigenvalue weighted by Crippen LogP contribution is -1.93. The molecule has 0 N–H and O–H groups in total. The maximum Gasteiger partial charge on any atom is 0.0900 e. The summed E-state index contributed by atoms with van der Waals surface area (Å²) in [7, 11) is 0. The molecule has 26 heavy (non-hydrogen) atoms. The third-order valence-electron chi connectivity index (χ3n) is 3.97. The van der Waals surface area contributed by atoms with Crippen LogP contribution in [0, 0.1) is 0 Å². The van der Waals surface area contributed by atoms with E-state index < -0.39 is 0 Å². The highest BCUT2D eigenvalue weighted by molar-refractivity contribution is 5.74. The summed E-state index contributed by atoms with van der Waals surface area (Å²) < 4.78 is 0. The molecular formula is C23H17N3. The van der Waals surface area contributed by atoms with Gasteiger partial charge in [0.05, 0.1) is 22.8 Å². The Balaban J connectivity index is 1.79. The molecular weight excluding hydrogens is 318 g/mol. The molecule has 0 saturated carbocycles. The number of rotatable bonds is 4. The zero-order chi connectivity index (χ0) is 17.6. The first-order valence-corrected chi connectivity index (χ1v) is 8.46. The van der Waals surface area contributed by atoms with E-state index in [0.717, 1.165) is 33.9 Å². The predicted octanol–water partition coefficient (Wildman–Crippen LogP) is 5.38. The molecule has 4 rings (SSSR count). The molecule has 0 spiro atoms. The Labute approximate surface area is 152 Å². The number of nitrogens with zero attached hydrogens (tertiary/aromatic N) is 3. The summed E-state index contributed by atoms with van der Waals surface area (Å²) in [5.41, 5.74) is 5.58. The third kappa shape index (κ3) is 3.73. The fraction of sp³-hybridized carbons (Fsp3) is 0. The fourth-order valence-electron chi connectivity index (χ4n) is 2.70. The van der Waals surface area contributed by atoms with Crippen molar-refractivity contribution >= 4 is 12.2 Å². The Hall–Kier alpha value is -3.59. The van der Waals surface area contributed by atoms with Crippen molar-refractivity contribution in [2.45, 2.75) is 0 Å². The van der Waals surface area contributed by atoms with E-state index in [-0.39, 0.29) is 0 Å². The second-order valence-corrected chi connectivity index (χ2v) is 5.84. The Morgan fingerprint density at radius 3 is 1.58 bits per heavy atom. The third-order valence-corrected chi connectivity index (χ3v) is 3.97. The van der Waals surface area contributed by atoms with Crippen molar-refractivity contribution in [3.8, 4) is 22.8 Å². The van der Waals surface area contributed by atoms with Crippen LogP contribution in [0.3, 0.4) is 0 Å². The van der Waals surface area contributed by atoms with Gasteiger partial charge in [-0.15, -0.1) is 0 Å². The molecule has 0 fully saturated rings. The molecule has 0 amide bonds. The van der Waals surface area contributed by atoms with Gasteiger partial charge in [0, 0.05) is 12.4 Å². The van der Waals surface area contributed by atoms with Gasteiger partial charge in [-0.25, -0.2) is 4.98 Å². The first kappa shape index (κ1) is 15.9. The summed E-state index contributed by atoms with van der Waals surface area (Å²) in [5, 5.41) is 0. The molecule has 0 saturated heterocycles. The first-order chi connectivity index (χ1) is 12.9. The van der Waals surface area contributed by atoms with Crippen LogP contribution in [0.25, 0.3) is 34.9 Å². The molecule has 3 aromatic heterocycles. The summed E-state index contributed by atoms with van der Waals surface area (Å²) in [6, 6.07) is 26.0. The molecule has 0 radical (unpaired) electrons. The quantitative estimate of drug-likeness (QED) is 0.503. The normalized spacial score (nSPS) is 10.9. The number of pyridine rings is 3. The van der Waals surface area contributed by atoms with E-state index in [1.54, 1.807) is 12.4 Å². The summed E-state index contributed by atoms with van der Waals surface area (Å²) >= 11 is 0. The number of benzene rings is 1. The average Bonchev–Trinajstić information content (AvgIpc) is 2.74. The van der Waals surface area contributed by atoms with Crippen molar-refractivity contribution in [3.05, 3.63) is 102 Å². The van der Waals surface area contributed by atoms with Crippen molar-refractivity contribution < 1.29 is 0 Å². The molecule has 0 aliphatic heterocycles. The molecule has 0 unspecified atom stereocenters. The Kier molecular flexibility index (Phi) is 4.61. The lowest BCUT2D eigenvalue weighted by molar-refractivity contribution is 1.22. The first-order valence-electron chi connectivity index (χ1n) is 8.46. The van der Waals surface area contributed by atoms with Gasteiger partial charge in [-0.3, -0.25) is 9.97 Å². The van der Waals surface area contributed by atoms with Crippen molar-refractivity contribution in [2.75, 3.05) is 0 Å². The van der Waals surface area contributed by atoms with Gasteiger partial charge in [0.25, 0.3) is 0 Å². The van der Waals surface area contributed by atoms with E-state index in [4.69, 9.17) is 4.98 Å². The van der Waals surface area contributed by atoms with Crippen molar-refractivity contribution in [1.82, 2.24) is 15.0 Å². The second-order valence-electron chi connectivity index (χ2n) is 5.84. The maximum atomic E-state index is 4.77. The van der Waals surface area contributed by atoms with E-state index >= 15 is 0 Å². The van der Waals surface area contributed by atoms with Gasteiger partial charge >= 0.3 is 0 Å². The van der Waals surface area contributed by atoms with Crippen LogP contribution in [-0.2, 0) is 0 Å². The smallest absolute Gasteiger partial charge is 0.0900 e. The molecule has 4 aromatic rings. The van der Waals surface area contributed by atoms with Gasteiger partial charge in [0.2, 0.25) is 0 Å². The summed E-state index contributed by atoms with van der Waals surface area (Å²) in [6.07, 6.45) is 7.75. The van der Waals surface area contributed by atoms with Gasteiger partial charge in [-0.05, 0) is 47.5 Å². The minimum atomic E-state index is 0.835. The number of hydrogen-bond donors (Lipinski definition) is 0. The van der Waals surface area contributed by atoms with E-state index in [0.29, 0.717) is 0 Å². The van der Waals surface area contributed by atoms with Gasteiger partial charge in [-0.1, -0.05) is 54.6 Å². The highest BCUT2D eigenvalue weighted by Gasteiger charge is 2.07. The van der Waals surface area contributed by atoms with Gasteiger partial charge < -0.3 is 0 Å². The van der Waals surface area contributed by atoms with Crippen LogP contribution in [-0.4, -0.2) is 15.0 Å². The number of aromatic nitrogens is 3. The van der Waals surface area contributed by atoms with Gasteiger partial charge in [-0.2, -0.15) is 0 Å². The minimum absolute atomic E-state index is 0.835. The van der Waals surface area contributed by atoms with Crippen LogP contribution in [0.1, 0.15) is 11.1 Å². The predicted molar refractivity (Wildman–Crippen MR) is 106 cm³/mol. The zero-order valence-electron chi connectivity index (χ0n) is 14.2. The number of hydrogen-bond acceptors (Lipinski definition) is 3. The summed E-state index contributed by atoms with van der Waals surface area (Å²) in [6.45, 7) is 0. The summed E-state index contributed by atoms with van der Waals surface area (Å²) in [4.78, 5) is 13.6. The highest BCUT2D eigenvalue weighted by atomic mass is 14.8. The lowest BCUT2D eigenvalue weighted by atomic mass is 10.1. The SMILES string of the molecule is C(=C\c1cc(-c2ccccn2)nc(-c2ccccn2)c1)/c1ccccc1.